The summed E-state index contributed by atoms with van der Waals surface area (Å²) in [6, 6.07) is 0. The highest BCUT2D eigenvalue weighted by Crippen LogP contribution is 2.61. The lowest BCUT2D eigenvalue weighted by Gasteiger charge is -2.59. The molecule has 0 heterocycles. The van der Waals surface area contributed by atoms with Gasteiger partial charge in [-0.05, 0) is 54.3 Å². The van der Waals surface area contributed by atoms with Crippen molar-refractivity contribution in [3.8, 4) is 0 Å². The lowest BCUT2D eigenvalue weighted by molar-refractivity contribution is -0.0991. The Balaban J connectivity index is 2.28. The molecule has 0 bridgehead atoms. The molecule has 0 aromatic rings. The highest BCUT2D eigenvalue weighted by atomic mass is 16.3. The van der Waals surface area contributed by atoms with Crippen LogP contribution < -0.4 is 0 Å². The highest BCUT2D eigenvalue weighted by molar-refractivity contribution is 5.02. The predicted molar refractivity (Wildman–Crippen MR) is 72.8 cm³/mol. The van der Waals surface area contributed by atoms with Gasteiger partial charge < -0.3 is 5.11 Å². The Hall–Kier alpha value is -0.0400. The summed E-state index contributed by atoms with van der Waals surface area (Å²) >= 11 is 0. The lowest BCUT2D eigenvalue weighted by Crippen LogP contribution is -2.51. The van der Waals surface area contributed by atoms with Crippen LogP contribution in [0.5, 0.6) is 0 Å². The third-order valence-corrected chi connectivity index (χ3v) is 6.16. The molecule has 1 N–H and O–H groups in total. The van der Waals surface area contributed by atoms with Gasteiger partial charge in [0.25, 0.3) is 0 Å². The summed E-state index contributed by atoms with van der Waals surface area (Å²) in [5.41, 5.74) is 1.00. The molecule has 17 heavy (non-hydrogen) atoms. The van der Waals surface area contributed by atoms with Gasteiger partial charge in [-0.1, -0.05) is 40.5 Å². The summed E-state index contributed by atoms with van der Waals surface area (Å²) in [7, 11) is 0. The van der Waals surface area contributed by atoms with Gasteiger partial charge in [0.1, 0.15) is 0 Å². The zero-order valence-corrected chi connectivity index (χ0v) is 12.1. The Morgan fingerprint density at radius 2 is 1.82 bits per heavy atom. The molecule has 2 unspecified atom stereocenters. The molecule has 0 aromatic heterocycles. The summed E-state index contributed by atoms with van der Waals surface area (Å²) in [5, 5.41) is 9.37. The SMILES string of the molecule is CC1CCC2C(C)(C)CCC[C@]2(C)[C@H]1CCO. The van der Waals surface area contributed by atoms with Gasteiger partial charge in [0.05, 0.1) is 0 Å². The molecule has 2 saturated carbocycles. The number of hydrogen-bond acceptors (Lipinski definition) is 1. The van der Waals surface area contributed by atoms with Crippen molar-refractivity contribution in [3.05, 3.63) is 0 Å². The highest BCUT2D eigenvalue weighted by Gasteiger charge is 2.53. The van der Waals surface area contributed by atoms with Crippen LogP contribution in [-0.2, 0) is 0 Å². The van der Waals surface area contributed by atoms with Crippen molar-refractivity contribution >= 4 is 0 Å². The lowest BCUT2D eigenvalue weighted by atomic mass is 9.46. The Morgan fingerprint density at radius 1 is 1.12 bits per heavy atom. The predicted octanol–water partition coefficient (Wildman–Crippen LogP) is 4.25. The monoisotopic (exact) mass is 238 g/mol. The van der Waals surface area contributed by atoms with E-state index in [1.165, 1.54) is 32.1 Å². The van der Waals surface area contributed by atoms with E-state index in [2.05, 4.69) is 27.7 Å². The van der Waals surface area contributed by atoms with Gasteiger partial charge in [0, 0.05) is 6.61 Å². The largest absolute Gasteiger partial charge is 0.396 e. The number of aliphatic hydroxyl groups is 1. The van der Waals surface area contributed by atoms with Gasteiger partial charge >= 0.3 is 0 Å². The second kappa shape index (κ2) is 4.57. The van der Waals surface area contributed by atoms with E-state index in [9.17, 15) is 5.11 Å². The van der Waals surface area contributed by atoms with Crippen LogP contribution in [0.2, 0.25) is 0 Å². The summed E-state index contributed by atoms with van der Waals surface area (Å²) in [5.74, 6) is 2.42. The van der Waals surface area contributed by atoms with E-state index in [1.807, 2.05) is 0 Å². The van der Waals surface area contributed by atoms with E-state index in [1.54, 1.807) is 0 Å². The summed E-state index contributed by atoms with van der Waals surface area (Å²) in [6.45, 7) is 10.2. The number of hydrogen-bond donors (Lipinski definition) is 1. The zero-order chi connectivity index (χ0) is 12.7. The molecule has 0 aromatic carbocycles. The van der Waals surface area contributed by atoms with Gasteiger partial charge in [0.15, 0.2) is 0 Å². The zero-order valence-electron chi connectivity index (χ0n) is 12.1. The normalized spacial score (nSPS) is 45.4. The van der Waals surface area contributed by atoms with E-state index in [0.29, 0.717) is 17.4 Å². The molecule has 1 nitrogen and oxygen atoms in total. The van der Waals surface area contributed by atoms with Gasteiger partial charge in [-0.3, -0.25) is 0 Å². The summed E-state index contributed by atoms with van der Waals surface area (Å²) in [4.78, 5) is 0. The molecule has 2 rings (SSSR count). The Bertz CT molecular complexity index is 271. The molecule has 100 valence electrons. The molecular formula is C16H30O. The van der Waals surface area contributed by atoms with Crippen molar-refractivity contribution in [2.24, 2.45) is 28.6 Å². The fraction of sp³-hybridized carbons (Fsp3) is 1.00. The molecule has 0 aliphatic heterocycles. The van der Waals surface area contributed by atoms with Crippen molar-refractivity contribution in [2.75, 3.05) is 6.61 Å². The molecule has 4 atom stereocenters. The second-order valence-corrected chi connectivity index (χ2v) is 7.57. The molecule has 0 radical (unpaired) electrons. The average Bonchev–Trinajstić information content (AvgIpc) is 2.22. The Labute approximate surface area is 107 Å². The first-order chi connectivity index (χ1) is 7.92. The quantitative estimate of drug-likeness (QED) is 0.762. The molecule has 0 saturated heterocycles. The number of rotatable bonds is 2. The molecule has 0 amide bonds. The van der Waals surface area contributed by atoms with E-state index in [-0.39, 0.29) is 0 Å². The topological polar surface area (TPSA) is 20.2 Å². The molecule has 1 heteroatoms. The van der Waals surface area contributed by atoms with Gasteiger partial charge in [-0.2, -0.15) is 0 Å². The fourth-order valence-corrected chi connectivity index (χ4v) is 5.36. The van der Waals surface area contributed by atoms with Crippen LogP contribution >= 0.6 is 0 Å². The van der Waals surface area contributed by atoms with Crippen LogP contribution in [0.4, 0.5) is 0 Å². The van der Waals surface area contributed by atoms with Crippen LogP contribution in [0.25, 0.3) is 0 Å². The van der Waals surface area contributed by atoms with Crippen LogP contribution in [0.3, 0.4) is 0 Å². The van der Waals surface area contributed by atoms with Gasteiger partial charge in [-0.25, -0.2) is 0 Å². The minimum Gasteiger partial charge on any atom is -0.396 e. The first kappa shape index (κ1) is 13.4. The maximum atomic E-state index is 9.37. The summed E-state index contributed by atoms with van der Waals surface area (Å²) in [6.07, 6.45) is 7.96. The van der Waals surface area contributed by atoms with Crippen LogP contribution in [0.15, 0.2) is 0 Å². The van der Waals surface area contributed by atoms with Crippen LogP contribution in [-0.4, -0.2) is 11.7 Å². The van der Waals surface area contributed by atoms with Crippen molar-refractivity contribution < 1.29 is 5.11 Å². The number of aliphatic hydroxyl groups excluding tert-OH is 1. The minimum absolute atomic E-state index is 0.373. The third kappa shape index (κ3) is 2.16. The van der Waals surface area contributed by atoms with E-state index in [0.717, 1.165) is 24.2 Å². The van der Waals surface area contributed by atoms with E-state index >= 15 is 0 Å². The average molecular weight is 238 g/mol. The molecule has 2 aliphatic rings. The fourth-order valence-electron chi connectivity index (χ4n) is 5.36. The van der Waals surface area contributed by atoms with E-state index < -0.39 is 0 Å². The van der Waals surface area contributed by atoms with Crippen molar-refractivity contribution in [3.63, 3.8) is 0 Å². The number of fused-ring (bicyclic) bond motifs is 1. The molecule has 2 fully saturated rings. The van der Waals surface area contributed by atoms with Gasteiger partial charge in [-0.15, -0.1) is 0 Å². The van der Waals surface area contributed by atoms with Gasteiger partial charge in [0.2, 0.25) is 0 Å². The maximum absolute atomic E-state index is 9.37. The van der Waals surface area contributed by atoms with Crippen molar-refractivity contribution in [2.45, 2.75) is 66.2 Å². The third-order valence-electron chi connectivity index (χ3n) is 6.16. The maximum Gasteiger partial charge on any atom is 0.0433 e. The molecule has 0 spiro atoms. The molecular weight excluding hydrogens is 208 g/mol. The summed E-state index contributed by atoms with van der Waals surface area (Å²) < 4.78 is 0. The van der Waals surface area contributed by atoms with E-state index in [4.69, 9.17) is 0 Å². The second-order valence-electron chi connectivity index (χ2n) is 7.57. The molecule has 2 aliphatic carbocycles. The van der Waals surface area contributed by atoms with Crippen molar-refractivity contribution in [1.29, 1.82) is 0 Å². The first-order valence-electron chi connectivity index (χ1n) is 7.52. The standard InChI is InChI=1S/C16H30O/c1-12-6-7-14-15(2,3)9-5-10-16(14,4)13(12)8-11-17/h12-14,17H,5-11H2,1-4H3/t12?,13-,14?,16+/m0/s1. The smallest absolute Gasteiger partial charge is 0.0433 e. The van der Waals surface area contributed by atoms with Crippen LogP contribution in [0.1, 0.15) is 66.2 Å². The van der Waals surface area contributed by atoms with Crippen molar-refractivity contribution in [1.82, 2.24) is 0 Å². The first-order valence-corrected chi connectivity index (χ1v) is 7.52. The van der Waals surface area contributed by atoms with Crippen LogP contribution in [0, 0.1) is 28.6 Å². The minimum atomic E-state index is 0.373. The Morgan fingerprint density at radius 3 is 2.47 bits per heavy atom. The Kier molecular flexibility index (Phi) is 3.60.